The van der Waals surface area contributed by atoms with Crippen LogP contribution in [-0.4, -0.2) is 71.5 Å². The second kappa shape index (κ2) is 15.9. The van der Waals surface area contributed by atoms with Gasteiger partial charge >= 0.3 is 5.97 Å². The van der Waals surface area contributed by atoms with E-state index in [0.717, 1.165) is 6.42 Å². The summed E-state index contributed by atoms with van der Waals surface area (Å²) in [6, 6.07) is -3.59. The van der Waals surface area contributed by atoms with Crippen LogP contribution in [0.25, 0.3) is 0 Å². The Bertz CT molecular complexity index is 590. The Labute approximate surface area is 189 Å². The highest BCUT2D eigenvalue weighted by Gasteiger charge is 2.28. The molecule has 0 aliphatic carbocycles. The van der Waals surface area contributed by atoms with Crippen LogP contribution in [0.2, 0.25) is 0 Å². The fourth-order valence-corrected chi connectivity index (χ4v) is 3.26. The second-order valence-corrected chi connectivity index (χ2v) is 8.98. The number of carboxylic acids is 1. The van der Waals surface area contributed by atoms with E-state index in [-0.39, 0.29) is 12.3 Å². The van der Waals surface area contributed by atoms with Crippen LogP contribution >= 0.6 is 11.8 Å². The zero-order valence-corrected chi connectivity index (χ0v) is 19.8. The maximum Gasteiger partial charge on any atom is 0.326 e. The monoisotopic (exact) mass is 461 g/mol. The molecule has 10 nitrogen and oxygen atoms in total. The molecule has 8 N–H and O–H groups in total. The highest BCUT2D eigenvalue weighted by atomic mass is 32.2. The topological polar surface area (TPSA) is 177 Å². The standard InChI is InChI=1S/C20H39N5O5S/c1-12(2)11-16(25-18(27)14(22)7-5-6-9-21)19(28)23-13(3)17(26)24-15(20(29)30)8-10-31-4/h12-16H,5-11,21-22H2,1-4H3,(H,23,28)(H,24,26)(H,25,27)(H,29,30). The van der Waals surface area contributed by atoms with Gasteiger partial charge in [0.05, 0.1) is 6.04 Å². The summed E-state index contributed by atoms with van der Waals surface area (Å²) in [5.41, 5.74) is 11.4. The largest absolute Gasteiger partial charge is 0.480 e. The average Bonchev–Trinajstić information content (AvgIpc) is 2.69. The SMILES string of the molecule is CSCCC(NC(=O)C(C)NC(=O)C(CC(C)C)NC(=O)C(N)CCCCN)C(=O)O. The summed E-state index contributed by atoms with van der Waals surface area (Å²) in [5.74, 6) is -2.00. The third kappa shape index (κ3) is 12.6. The van der Waals surface area contributed by atoms with E-state index in [1.165, 1.54) is 18.7 Å². The second-order valence-electron chi connectivity index (χ2n) is 7.99. The molecule has 0 heterocycles. The highest BCUT2D eigenvalue weighted by molar-refractivity contribution is 7.98. The maximum atomic E-state index is 12.7. The number of amides is 3. The van der Waals surface area contributed by atoms with Crippen LogP contribution in [0.15, 0.2) is 0 Å². The molecule has 0 aliphatic heterocycles. The number of thioether (sulfide) groups is 1. The van der Waals surface area contributed by atoms with E-state index < -0.39 is 47.9 Å². The van der Waals surface area contributed by atoms with Crippen LogP contribution in [0.1, 0.15) is 52.9 Å². The van der Waals surface area contributed by atoms with E-state index in [1.54, 1.807) is 0 Å². The lowest BCUT2D eigenvalue weighted by Crippen LogP contribution is -2.56. The molecule has 0 radical (unpaired) electrons. The van der Waals surface area contributed by atoms with Crippen LogP contribution < -0.4 is 27.4 Å². The summed E-state index contributed by atoms with van der Waals surface area (Å²) in [6.45, 7) is 5.81. The quantitative estimate of drug-likeness (QED) is 0.171. The van der Waals surface area contributed by atoms with Crippen LogP contribution in [0.3, 0.4) is 0 Å². The number of nitrogens with two attached hydrogens (primary N) is 2. The minimum Gasteiger partial charge on any atom is -0.480 e. The molecule has 3 amide bonds. The number of carbonyl (C=O) groups excluding carboxylic acids is 3. The lowest BCUT2D eigenvalue weighted by Gasteiger charge is -2.24. The van der Waals surface area contributed by atoms with E-state index in [4.69, 9.17) is 11.5 Å². The molecule has 180 valence electrons. The van der Waals surface area contributed by atoms with E-state index in [1.807, 2.05) is 20.1 Å². The van der Waals surface area contributed by atoms with Crippen molar-refractivity contribution in [3.05, 3.63) is 0 Å². The predicted octanol–water partition coefficient (Wildman–Crippen LogP) is -0.199. The van der Waals surface area contributed by atoms with Crippen molar-refractivity contribution < 1.29 is 24.3 Å². The molecular weight excluding hydrogens is 422 g/mol. The molecule has 0 bridgehead atoms. The number of hydrogen-bond donors (Lipinski definition) is 6. The maximum absolute atomic E-state index is 12.7. The molecule has 4 unspecified atom stereocenters. The first-order chi connectivity index (χ1) is 14.5. The molecule has 31 heavy (non-hydrogen) atoms. The van der Waals surface area contributed by atoms with Gasteiger partial charge in [0.15, 0.2) is 0 Å². The van der Waals surface area contributed by atoms with Gasteiger partial charge in [0.25, 0.3) is 0 Å². The predicted molar refractivity (Wildman–Crippen MR) is 122 cm³/mol. The molecule has 0 spiro atoms. The Kier molecular flexibility index (Phi) is 14.9. The molecule has 0 aromatic heterocycles. The third-order valence-corrected chi connectivity index (χ3v) is 5.27. The summed E-state index contributed by atoms with van der Waals surface area (Å²) in [6.07, 6.45) is 4.42. The van der Waals surface area contributed by atoms with Crippen molar-refractivity contribution in [2.75, 3.05) is 18.6 Å². The van der Waals surface area contributed by atoms with E-state index >= 15 is 0 Å². The lowest BCUT2D eigenvalue weighted by molar-refractivity contribution is -0.142. The molecule has 4 atom stereocenters. The number of aliphatic carboxylic acids is 1. The summed E-state index contributed by atoms with van der Waals surface area (Å²) < 4.78 is 0. The van der Waals surface area contributed by atoms with Gasteiger partial charge in [-0.05, 0) is 57.1 Å². The fourth-order valence-electron chi connectivity index (χ4n) is 2.79. The van der Waals surface area contributed by atoms with Crippen molar-refractivity contribution in [3.8, 4) is 0 Å². The number of nitrogens with one attached hydrogen (secondary N) is 3. The summed E-state index contributed by atoms with van der Waals surface area (Å²) >= 11 is 1.48. The van der Waals surface area contributed by atoms with Gasteiger partial charge in [-0.3, -0.25) is 14.4 Å². The Balaban J connectivity index is 4.95. The van der Waals surface area contributed by atoms with Crippen LogP contribution in [0.4, 0.5) is 0 Å². The first-order valence-corrected chi connectivity index (χ1v) is 12.0. The van der Waals surface area contributed by atoms with E-state index in [9.17, 15) is 24.3 Å². The molecular formula is C20H39N5O5S. The van der Waals surface area contributed by atoms with Crippen LogP contribution in [0, 0.1) is 5.92 Å². The average molecular weight is 462 g/mol. The zero-order chi connectivity index (χ0) is 24.0. The lowest BCUT2D eigenvalue weighted by atomic mass is 10.0. The van der Waals surface area contributed by atoms with Gasteiger partial charge in [0.1, 0.15) is 18.1 Å². The van der Waals surface area contributed by atoms with Gasteiger partial charge in [-0.25, -0.2) is 4.79 Å². The van der Waals surface area contributed by atoms with E-state index in [0.29, 0.717) is 31.6 Å². The Hall–Kier alpha value is -1.85. The molecule has 0 rings (SSSR count). The van der Waals surface area contributed by atoms with Crippen LogP contribution in [0.5, 0.6) is 0 Å². The molecule has 11 heteroatoms. The van der Waals surface area contributed by atoms with Gasteiger partial charge in [-0.1, -0.05) is 20.3 Å². The molecule has 0 aromatic carbocycles. The Morgan fingerprint density at radius 3 is 2.03 bits per heavy atom. The minimum absolute atomic E-state index is 0.108. The molecule has 0 aliphatic rings. The molecule has 0 saturated carbocycles. The van der Waals surface area contributed by atoms with Gasteiger partial charge in [-0.15, -0.1) is 0 Å². The summed E-state index contributed by atoms with van der Waals surface area (Å²) in [4.78, 5) is 48.8. The number of carbonyl (C=O) groups is 4. The summed E-state index contributed by atoms with van der Waals surface area (Å²) in [7, 11) is 0. The van der Waals surface area contributed by atoms with Gasteiger partial charge in [-0.2, -0.15) is 11.8 Å². The highest BCUT2D eigenvalue weighted by Crippen LogP contribution is 2.07. The van der Waals surface area contributed by atoms with Crippen molar-refractivity contribution in [1.82, 2.24) is 16.0 Å². The summed E-state index contributed by atoms with van der Waals surface area (Å²) in [5, 5.41) is 16.9. The molecule has 0 saturated heterocycles. The van der Waals surface area contributed by atoms with Gasteiger partial charge in [0, 0.05) is 0 Å². The first kappa shape index (κ1) is 29.1. The van der Waals surface area contributed by atoms with Crippen molar-refractivity contribution in [2.45, 2.75) is 77.0 Å². The van der Waals surface area contributed by atoms with Gasteiger partial charge < -0.3 is 32.5 Å². The Morgan fingerprint density at radius 2 is 1.52 bits per heavy atom. The molecule has 0 fully saturated rings. The number of carboxylic acid groups (broad SMARTS) is 1. The normalized spacial score (nSPS) is 14.9. The smallest absolute Gasteiger partial charge is 0.326 e. The minimum atomic E-state index is -1.13. The van der Waals surface area contributed by atoms with Gasteiger partial charge in [0.2, 0.25) is 17.7 Å². The van der Waals surface area contributed by atoms with Crippen molar-refractivity contribution in [2.24, 2.45) is 17.4 Å². The number of hydrogen-bond acceptors (Lipinski definition) is 7. The number of rotatable bonds is 16. The number of unbranched alkanes of at least 4 members (excludes halogenated alkanes) is 1. The van der Waals surface area contributed by atoms with E-state index in [2.05, 4.69) is 16.0 Å². The molecule has 0 aromatic rings. The zero-order valence-electron chi connectivity index (χ0n) is 19.0. The fraction of sp³-hybridized carbons (Fsp3) is 0.800. The Morgan fingerprint density at radius 1 is 0.903 bits per heavy atom. The van der Waals surface area contributed by atoms with Crippen molar-refractivity contribution in [3.63, 3.8) is 0 Å². The van der Waals surface area contributed by atoms with Crippen molar-refractivity contribution in [1.29, 1.82) is 0 Å². The first-order valence-electron chi connectivity index (χ1n) is 10.6. The third-order valence-electron chi connectivity index (χ3n) is 4.62. The van der Waals surface area contributed by atoms with Crippen molar-refractivity contribution >= 4 is 35.5 Å². The van der Waals surface area contributed by atoms with Crippen LogP contribution in [-0.2, 0) is 19.2 Å².